The Labute approximate surface area is 89.5 Å². The maximum atomic E-state index is 5.84. The molecular formula is C12H15NO2. The summed E-state index contributed by atoms with van der Waals surface area (Å²) in [5.41, 5.74) is 6.90. The van der Waals surface area contributed by atoms with Crippen molar-refractivity contribution in [2.45, 2.75) is 13.0 Å². The highest BCUT2D eigenvalue weighted by molar-refractivity contribution is 5.44. The SMILES string of the molecule is CC=CCOc1ccc2c(c1)OCC2N. The maximum absolute atomic E-state index is 5.84. The number of ether oxygens (including phenoxy) is 2. The van der Waals surface area contributed by atoms with Gasteiger partial charge >= 0.3 is 0 Å². The second-order valence-corrected chi connectivity index (χ2v) is 3.50. The highest BCUT2D eigenvalue weighted by Crippen LogP contribution is 2.33. The Morgan fingerprint density at radius 2 is 2.47 bits per heavy atom. The maximum Gasteiger partial charge on any atom is 0.127 e. The number of hydrogen-bond acceptors (Lipinski definition) is 3. The van der Waals surface area contributed by atoms with Crippen molar-refractivity contribution in [2.24, 2.45) is 5.73 Å². The van der Waals surface area contributed by atoms with E-state index in [-0.39, 0.29) is 6.04 Å². The van der Waals surface area contributed by atoms with E-state index in [1.807, 2.05) is 37.3 Å². The summed E-state index contributed by atoms with van der Waals surface area (Å²) in [6.45, 7) is 3.11. The van der Waals surface area contributed by atoms with Crippen LogP contribution in [0.4, 0.5) is 0 Å². The van der Waals surface area contributed by atoms with E-state index in [1.165, 1.54) is 0 Å². The van der Waals surface area contributed by atoms with Crippen molar-refractivity contribution in [2.75, 3.05) is 13.2 Å². The van der Waals surface area contributed by atoms with Crippen LogP contribution in [-0.2, 0) is 0 Å². The van der Waals surface area contributed by atoms with E-state index in [0.29, 0.717) is 13.2 Å². The number of hydrogen-bond donors (Lipinski definition) is 1. The number of nitrogens with two attached hydrogens (primary N) is 1. The molecule has 0 amide bonds. The van der Waals surface area contributed by atoms with E-state index >= 15 is 0 Å². The molecule has 1 heterocycles. The zero-order valence-electron chi connectivity index (χ0n) is 8.77. The van der Waals surface area contributed by atoms with Gasteiger partial charge in [-0.3, -0.25) is 0 Å². The molecule has 1 unspecified atom stereocenters. The standard InChI is InChI=1S/C12H15NO2/c1-2-3-6-14-9-4-5-10-11(13)8-15-12(10)7-9/h2-5,7,11H,6,8,13H2,1H3. The van der Waals surface area contributed by atoms with Crippen LogP contribution in [0.3, 0.4) is 0 Å². The van der Waals surface area contributed by atoms with Gasteiger partial charge in [-0.1, -0.05) is 12.2 Å². The molecule has 0 saturated heterocycles. The van der Waals surface area contributed by atoms with Crippen LogP contribution in [0, 0.1) is 0 Å². The van der Waals surface area contributed by atoms with Gasteiger partial charge in [0.2, 0.25) is 0 Å². The lowest BCUT2D eigenvalue weighted by molar-refractivity contribution is 0.328. The Bertz CT molecular complexity index is 374. The third-order valence-electron chi connectivity index (χ3n) is 2.38. The topological polar surface area (TPSA) is 44.5 Å². The molecule has 1 atom stereocenters. The molecule has 1 aliphatic rings. The molecule has 0 aliphatic carbocycles. The number of allylic oxidation sites excluding steroid dienone is 1. The van der Waals surface area contributed by atoms with Crippen LogP contribution < -0.4 is 15.2 Å². The van der Waals surface area contributed by atoms with Gasteiger partial charge in [0.05, 0.1) is 6.04 Å². The normalized spacial score (nSPS) is 18.9. The fraction of sp³-hybridized carbons (Fsp3) is 0.333. The first-order chi connectivity index (χ1) is 7.31. The Balaban J connectivity index is 2.09. The summed E-state index contributed by atoms with van der Waals surface area (Å²) in [6.07, 6.45) is 3.92. The molecule has 0 radical (unpaired) electrons. The Hall–Kier alpha value is -1.48. The largest absolute Gasteiger partial charge is 0.491 e. The summed E-state index contributed by atoms with van der Waals surface area (Å²) in [6, 6.07) is 5.80. The highest BCUT2D eigenvalue weighted by atomic mass is 16.5. The van der Waals surface area contributed by atoms with E-state index in [1.54, 1.807) is 0 Å². The van der Waals surface area contributed by atoms with Crippen molar-refractivity contribution >= 4 is 0 Å². The van der Waals surface area contributed by atoms with E-state index < -0.39 is 0 Å². The van der Waals surface area contributed by atoms with Gasteiger partial charge in [0.25, 0.3) is 0 Å². The van der Waals surface area contributed by atoms with Crippen molar-refractivity contribution in [3.8, 4) is 11.5 Å². The van der Waals surface area contributed by atoms with Gasteiger partial charge in [-0.25, -0.2) is 0 Å². The Morgan fingerprint density at radius 1 is 1.60 bits per heavy atom. The van der Waals surface area contributed by atoms with Crippen LogP contribution in [-0.4, -0.2) is 13.2 Å². The molecule has 80 valence electrons. The molecule has 1 aromatic carbocycles. The van der Waals surface area contributed by atoms with E-state index in [4.69, 9.17) is 15.2 Å². The van der Waals surface area contributed by atoms with Crippen LogP contribution in [0.2, 0.25) is 0 Å². The van der Waals surface area contributed by atoms with E-state index in [9.17, 15) is 0 Å². The average Bonchev–Trinajstić information content (AvgIpc) is 2.61. The van der Waals surface area contributed by atoms with Crippen LogP contribution in [0.15, 0.2) is 30.4 Å². The molecule has 1 aliphatic heterocycles. The number of rotatable bonds is 3. The molecular weight excluding hydrogens is 190 g/mol. The molecule has 3 heteroatoms. The summed E-state index contributed by atoms with van der Waals surface area (Å²) >= 11 is 0. The highest BCUT2D eigenvalue weighted by Gasteiger charge is 2.20. The lowest BCUT2D eigenvalue weighted by Gasteiger charge is -2.05. The minimum Gasteiger partial charge on any atom is -0.491 e. The zero-order chi connectivity index (χ0) is 10.7. The number of benzene rings is 1. The monoisotopic (exact) mass is 205 g/mol. The van der Waals surface area contributed by atoms with Gasteiger partial charge in [0, 0.05) is 11.6 Å². The molecule has 2 rings (SSSR count). The summed E-state index contributed by atoms with van der Waals surface area (Å²) in [7, 11) is 0. The smallest absolute Gasteiger partial charge is 0.127 e. The molecule has 0 spiro atoms. The molecule has 3 nitrogen and oxygen atoms in total. The van der Waals surface area contributed by atoms with Gasteiger partial charge < -0.3 is 15.2 Å². The third-order valence-corrected chi connectivity index (χ3v) is 2.38. The summed E-state index contributed by atoms with van der Waals surface area (Å²) in [4.78, 5) is 0. The molecule has 0 aromatic heterocycles. The fourth-order valence-electron chi connectivity index (χ4n) is 1.55. The minimum absolute atomic E-state index is 0.00425. The first kappa shape index (κ1) is 10.1. The summed E-state index contributed by atoms with van der Waals surface area (Å²) < 4.78 is 10.9. The fourth-order valence-corrected chi connectivity index (χ4v) is 1.55. The first-order valence-corrected chi connectivity index (χ1v) is 5.07. The van der Waals surface area contributed by atoms with Crippen molar-refractivity contribution in [3.05, 3.63) is 35.9 Å². The van der Waals surface area contributed by atoms with Gasteiger partial charge in [-0.2, -0.15) is 0 Å². The summed E-state index contributed by atoms with van der Waals surface area (Å²) in [5, 5.41) is 0. The van der Waals surface area contributed by atoms with Crippen LogP contribution in [0.25, 0.3) is 0 Å². The predicted molar refractivity (Wildman–Crippen MR) is 59.2 cm³/mol. The molecule has 2 N–H and O–H groups in total. The molecule has 0 bridgehead atoms. The average molecular weight is 205 g/mol. The molecule has 0 fully saturated rings. The van der Waals surface area contributed by atoms with Crippen LogP contribution in [0.1, 0.15) is 18.5 Å². The van der Waals surface area contributed by atoms with Gasteiger partial charge in [-0.15, -0.1) is 0 Å². The van der Waals surface area contributed by atoms with E-state index in [2.05, 4.69) is 0 Å². The van der Waals surface area contributed by atoms with E-state index in [0.717, 1.165) is 17.1 Å². The number of fused-ring (bicyclic) bond motifs is 1. The molecule has 0 saturated carbocycles. The van der Waals surface area contributed by atoms with Crippen LogP contribution in [0.5, 0.6) is 11.5 Å². The van der Waals surface area contributed by atoms with Crippen molar-refractivity contribution in [1.82, 2.24) is 0 Å². The molecule has 1 aromatic rings. The van der Waals surface area contributed by atoms with Crippen LogP contribution >= 0.6 is 0 Å². The van der Waals surface area contributed by atoms with Crippen molar-refractivity contribution in [1.29, 1.82) is 0 Å². The lowest BCUT2D eigenvalue weighted by Crippen LogP contribution is -2.10. The minimum atomic E-state index is 0.00425. The molecule has 15 heavy (non-hydrogen) atoms. The van der Waals surface area contributed by atoms with Crippen molar-refractivity contribution in [3.63, 3.8) is 0 Å². The quantitative estimate of drug-likeness (QED) is 0.768. The first-order valence-electron chi connectivity index (χ1n) is 5.07. The second-order valence-electron chi connectivity index (χ2n) is 3.50. The van der Waals surface area contributed by atoms with Gasteiger partial charge in [0.1, 0.15) is 24.7 Å². The second kappa shape index (κ2) is 4.36. The summed E-state index contributed by atoms with van der Waals surface area (Å²) in [5.74, 6) is 1.67. The van der Waals surface area contributed by atoms with Gasteiger partial charge in [-0.05, 0) is 19.1 Å². The Kier molecular flexibility index (Phi) is 2.92. The lowest BCUT2D eigenvalue weighted by atomic mass is 10.1. The van der Waals surface area contributed by atoms with Gasteiger partial charge in [0.15, 0.2) is 0 Å². The van der Waals surface area contributed by atoms with Crippen molar-refractivity contribution < 1.29 is 9.47 Å². The predicted octanol–water partition coefficient (Wildman–Crippen LogP) is 2.03. The Morgan fingerprint density at radius 3 is 3.27 bits per heavy atom. The third kappa shape index (κ3) is 2.13. The zero-order valence-corrected chi connectivity index (χ0v) is 8.77.